The SMILES string of the molecule is CCOC(=O)CN(CC(=O)OCC)c1c(CC)cc(Br)cc1CC. The van der Waals surface area contributed by atoms with Crippen LogP contribution in [-0.4, -0.2) is 38.2 Å². The van der Waals surface area contributed by atoms with Crippen LogP contribution in [0, 0.1) is 0 Å². The van der Waals surface area contributed by atoms with E-state index >= 15 is 0 Å². The predicted molar refractivity (Wildman–Crippen MR) is 98.4 cm³/mol. The number of aryl methyl sites for hydroxylation is 2. The molecule has 6 heteroatoms. The van der Waals surface area contributed by atoms with Gasteiger partial charge in [-0.1, -0.05) is 29.8 Å². The highest BCUT2D eigenvalue weighted by Gasteiger charge is 2.22. The van der Waals surface area contributed by atoms with Crippen molar-refractivity contribution < 1.29 is 19.1 Å². The third-order valence-corrected chi connectivity index (χ3v) is 4.02. The van der Waals surface area contributed by atoms with E-state index in [4.69, 9.17) is 9.47 Å². The molecule has 0 spiro atoms. The van der Waals surface area contributed by atoms with Crippen LogP contribution in [0.3, 0.4) is 0 Å². The van der Waals surface area contributed by atoms with Gasteiger partial charge in [-0.05, 0) is 49.9 Å². The van der Waals surface area contributed by atoms with Crippen molar-refractivity contribution in [3.63, 3.8) is 0 Å². The standard InChI is InChI=1S/C18H26BrNO4/c1-5-13-9-15(19)10-14(6-2)18(13)20(11-16(21)23-7-3)12-17(22)24-8-4/h9-10H,5-8,11-12H2,1-4H3. The topological polar surface area (TPSA) is 55.8 Å². The Morgan fingerprint density at radius 3 is 1.67 bits per heavy atom. The van der Waals surface area contributed by atoms with Crippen LogP contribution >= 0.6 is 15.9 Å². The zero-order chi connectivity index (χ0) is 18.1. The molecule has 1 aromatic carbocycles. The van der Waals surface area contributed by atoms with E-state index in [1.807, 2.05) is 12.1 Å². The third-order valence-electron chi connectivity index (χ3n) is 3.56. The molecule has 0 aliphatic rings. The van der Waals surface area contributed by atoms with Gasteiger partial charge in [-0.3, -0.25) is 9.59 Å². The van der Waals surface area contributed by atoms with Crippen molar-refractivity contribution >= 4 is 33.6 Å². The van der Waals surface area contributed by atoms with Gasteiger partial charge < -0.3 is 14.4 Å². The van der Waals surface area contributed by atoms with E-state index in [1.165, 1.54) is 0 Å². The van der Waals surface area contributed by atoms with Gasteiger partial charge >= 0.3 is 11.9 Å². The summed E-state index contributed by atoms with van der Waals surface area (Å²) in [5.41, 5.74) is 3.08. The zero-order valence-corrected chi connectivity index (χ0v) is 16.4. The monoisotopic (exact) mass is 399 g/mol. The highest BCUT2D eigenvalue weighted by atomic mass is 79.9. The Morgan fingerprint density at radius 2 is 1.33 bits per heavy atom. The highest BCUT2D eigenvalue weighted by molar-refractivity contribution is 9.10. The molecule has 0 aromatic heterocycles. The largest absolute Gasteiger partial charge is 0.465 e. The van der Waals surface area contributed by atoms with Crippen LogP contribution in [0.25, 0.3) is 0 Å². The molecule has 0 N–H and O–H groups in total. The fourth-order valence-corrected chi connectivity index (χ4v) is 3.15. The van der Waals surface area contributed by atoms with Crippen molar-refractivity contribution in [1.29, 1.82) is 0 Å². The third kappa shape index (κ3) is 5.82. The van der Waals surface area contributed by atoms with Crippen LogP contribution < -0.4 is 4.90 Å². The normalized spacial score (nSPS) is 10.4. The fourth-order valence-electron chi connectivity index (χ4n) is 2.60. The van der Waals surface area contributed by atoms with E-state index in [0.29, 0.717) is 13.2 Å². The molecule has 0 heterocycles. The first-order valence-corrected chi connectivity index (χ1v) is 9.13. The Kier molecular flexibility index (Phi) is 8.82. The maximum atomic E-state index is 12.0. The Morgan fingerprint density at radius 1 is 0.917 bits per heavy atom. The first-order valence-electron chi connectivity index (χ1n) is 8.34. The van der Waals surface area contributed by atoms with E-state index in [0.717, 1.165) is 34.1 Å². The molecular weight excluding hydrogens is 374 g/mol. The van der Waals surface area contributed by atoms with Gasteiger partial charge in [0.2, 0.25) is 0 Å². The molecule has 0 aliphatic carbocycles. The number of benzene rings is 1. The average molecular weight is 400 g/mol. The molecule has 0 aliphatic heterocycles. The van der Waals surface area contributed by atoms with Gasteiger partial charge in [0.05, 0.1) is 13.2 Å². The molecule has 0 bridgehead atoms. The first-order chi connectivity index (χ1) is 11.5. The number of nitrogens with zero attached hydrogens (tertiary/aromatic N) is 1. The van der Waals surface area contributed by atoms with Crippen LogP contribution in [0.15, 0.2) is 16.6 Å². The van der Waals surface area contributed by atoms with E-state index in [2.05, 4.69) is 29.8 Å². The van der Waals surface area contributed by atoms with Crippen LogP contribution in [0.1, 0.15) is 38.8 Å². The van der Waals surface area contributed by atoms with Gasteiger partial charge in [0, 0.05) is 10.2 Å². The number of anilines is 1. The lowest BCUT2D eigenvalue weighted by Gasteiger charge is -2.28. The summed E-state index contributed by atoms with van der Waals surface area (Å²) in [6.07, 6.45) is 1.59. The summed E-state index contributed by atoms with van der Waals surface area (Å²) < 4.78 is 11.1. The molecule has 0 saturated carbocycles. The number of halogens is 1. The van der Waals surface area contributed by atoms with Crippen molar-refractivity contribution in [1.82, 2.24) is 0 Å². The smallest absolute Gasteiger partial charge is 0.325 e. The lowest BCUT2D eigenvalue weighted by atomic mass is 10.0. The molecule has 1 rings (SSSR count). The van der Waals surface area contributed by atoms with Gasteiger partial charge in [0.1, 0.15) is 13.1 Å². The first kappa shape index (κ1) is 20.5. The molecule has 0 unspecified atom stereocenters. The lowest BCUT2D eigenvalue weighted by Crippen LogP contribution is -2.37. The summed E-state index contributed by atoms with van der Waals surface area (Å²) >= 11 is 3.53. The fraction of sp³-hybridized carbons (Fsp3) is 0.556. The van der Waals surface area contributed by atoms with Crippen LogP contribution in [0.2, 0.25) is 0 Å². The molecule has 1 aromatic rings. The number of carbonyl (C=O) groups excluding carboxylic acids is 2. The number of carbonyl (C=O) groups is 2. The second-order valence-electron chi connectivity index (χ2n) is 5.25. The van der Waals surface area contributed by atoms with Gasteiger partial charge in [0.15, 0.2) is 0 Å². The summed E-state index contributed by atoms with van der Waals surface area (Å²) in [7, 11) is 0. The molecule has 0 atom stereocenters. The minimum Gasteiger partial charge on any atom is -0.465 e. The molecule has 0 radical (unpaired) electrons. The van der Waals surface area contributed by atoms with E-state index in [-0.39, 0.29) is 25.0 Å². The summed E-state index contributed by atoms with van der Waals surface area (Å²) in [4.78, 5) is 25.8. The van der Waals surface area contributed by atoms with Crippen molar-refractivity contribution in [3.8, 4) is 0 Å². The number of hydrogen-bond acceptors (Lipinski definition) is 5. The Bertz CT molecular complexity index is 529. The van der Waals surface area contributed by atoms with E-state index < -0.39 is 0 Å². The Hall–Kier alpha value is -1.56. The van der Waals surface area contributed by atoms with Gasteiger partial charge in [-0.25, -0.2) is 0 Å². The number of hydrogen-bond donors (Lipinski definition) is 0. The quantitative estimate of drug-likeness (QED) is 0.594. The maximum absolute atomic E-state index is 12.0. The molecule has 24 heavy (non-hydrogen) atoms. The van der Waals surface area contributed by atoms with Crippen molar-refractivity contribution in [2.75, 3.05) is 31.2 Å². The lowest BCUT2D eigenvalue weighted by molar-refractivity contribution is -0.142. The number of esters is 2. The highest BCUT2D eigenvalue weighted by Crippen LogP contribution is 2.31. The van der Waals surface area contributed by atoms with Gasteiger partial charge in [-0.2, -0.15) is 0 Å². The zero-order valence-electron chi connectivity index (χ0n) is 14.9. The minimum atomic E-state index is -0.353. The average Bonchev–Trinajstić information content (AvgIpc) is 2.53. The van der Waals surface area contributed by atoms with E-state index in [1.54, 1.807) is 18.7 Å². The van der Waals surface area contributed by atoms with Crippen molar-refractivity contribution in [2.24, 2.45) is 0 Å². The van der Waals surface area contributed by atoms with Gasteiger partial charge in [-0.15, -0.1) is 0 Å². The maximum Gasteiger partial charge on any atom is 0.325 e. The molecule has 5 nitrogen and oxygen atoms in total. The van der Waals surface area contributed by atoms with Crippen molar-refractivity contribution in [2.45, 2.75) is 40.5 Å². The van der Waals surface area contributed by atoms with Crippen LogP contribution in [0.5, 0.6) is 0 Å². The predicted octanol–water partition coefficient (Wildman–Crippen LogP) is 3.51. The summed E-state index contributed by atoms with van der Waals surface area (Å²) in [5.74, 6) is -0.706. The number of ether oxygens (including phenoxy) is 2. The van der Waals surface area contributed by atoms with E-state index in [9.17, 15) is 9.59 Å². The second-order valence-corrected chi connectivity index (χ2v) is 6.16. The van der Waals surface area contributed by atoms with Gasteiger partial charge in [0.25, 0.3) is 0 Å². The van der Waals surface area contributed by atoms with Crippen molar-refractivity contribution in [3.05, 3.63) is 27.7 Å². The van der Waals surface area contributed by atoms with Crippen LogP contribution in [-0.2, 0) is 31.9 Å². The molecule has 134 valence electrons. The Labute approximate surface area is 152 Å². The summed E-state index contributed by atoms with van der Waals surface area (Å²) in [6, 6.07) is 4.05. The molecular formula is C18H26BrNO4. The minimum absolute atomic E-state index is 0.0221. The number of rotatable bonds is 9. The van der Waals surface area contributed by atoms with Crippen LogP contribution in [0.4, 0.5) is 5.69 Å². The summed E-state index contributed by atoms with van der Waals surface area (Å²) in [5, 5.41) is 0. The molecule has 0 amide bonds. The summed E-state index contributed by atoms with van der Waals surface area (Å²) in [6.45, 7) is 8.31. The molecule has 0 fully saturated rings. The Balaban J connectivity index is 3.26. The second kappa shape index (κ2) is 10.3. The molecule has 0 saturated heterocycles.